The molecule has 1 amide bonds. The molecule has 5 heteroatoms. The number of aliphatic hydroxyl groups is 1. The standard InChI is InChI=1S/C14H19FN2O2/c15-12-3-1-11(2-4-12)9-13(18)17-7-5-14(19,10-16)6-8-17/h1-4,19H,5-10,16H2. The fourth-order valence-corrected chi connectivity index (χ4v) is 2.27. The molecule has 0 radical (unpaired) electrons. The van der Waals surface area contributed by atoms with Crippen molar-refractivity contribution in [3.63, 3.8) is 0 Å². The molecule has 1 fully saturated rings. The van der Waals surface area contributed by atoms with E-state index < -0.39 is 5.60 Å². The second-order valence-corrected chi connectivity index (χ2v) is 5.11. The molecule has 1 aromatic carbocycles. The van der Waals surface area contributed by atoms with Gasteiger partial charge < -0.3 is 15.7 Å². The summed E-state index contributed by atoms with van der Waals surface area (Å²) in [4.78, 5) is 13.8. The summed E-state index contributed by atoms with van der Waals surface area (Å²) in [6.07, 6.45) is 1.29. The normalized spacial score (nSPS) is 18.4. The minimum atomic E-state index is -0.827. The van der Waals surface area contributed by atoms with E-state index in [0.717, 1.165) is 5.56 Å². The minimum absolute atomic E-state index is 0.00526. The second-order valence-electron chi connectivity index (χ2n) is 5.11. The van der Waals surface area contributed by atoms with Crippen molar-refractivity contribution in [3.8, 4) is 0 Å². The van der Waals surface area contributed by atoms with Gasteiger partial charge in [0.15, 0.2) is 0 Å². The van der Waals surface area contributed by atoms with Crippen molar-refractivity contribution in [3.05, 3.63) is 35.6 Å². The van der Waals surface area contributed by atoms with Crippen molar-refractivity contribution in [1.82, 2.24) is 4.90 Å². The van der Waals surface area contributed by atoms with E-state index in [1.54, 1.807) is 17.0 Å². The number of carbonyl (C=O) groups is 1. The van der Waals surface area contributed by atoms with E-state index in [1.807, 2.05) is 0 Å². The molecule has 19 heavy (non-hydrogen) atoms. The van der Waals surface area contributed by atoms with E-state index in [9.17, 15) is 14.3 Å². The fourth-order valence-electron chi connectivity index (χ4n) is 2.27. The predicted molar refractivity (Wildman–Crippen MR) is 69.9 cm³/mol. The molecule has 0 aliphatic carbocycles. The van der Waals surface area contributed by atoms with Gasteiger partial charge in [-0.15, -0.1) is 0 Å². The van der Waals surface area contributed by atoms with Gasteiger partial charge in [-0.3, -0.25) is 4.79 Å². The average Bonchev–Trinajstić information content (AvgIpc) is 2.42. The monoisotopic (exact) mass is 266 g/mol. The van der Waals surface area contributed by atoms with Crippen LogP contribution in [0.5, 0.6) is 0 Å². The lowest BCUT2D eigenvalue weighted by Crippen LogP contribution is -2.50. The lowest BCUT2D eigenvalue weighted by molar-refractivity contribution is -0.134. The number of likely N-dealkylation sites (tertiary alicyclic amines) is 1. The summed E-state index contributed by atoms with van der Waals surface area (Å²) >= 11 is 0. The van der Waals surface area contributed by atoms with Gasteiger partial charge in [0.2, 0.25) is 5.91 Å². The Hall–Kier alpha value is -1.46. The topological polar surface area (TPSA) is 66.6 Å². The molecule has 0 unspecified atom stereocenters. The molecule has 0 spiro atoms. The number of nitrogens with zero attached hydrogens (tertiary/aromatic N) is 1. The number of amides is 1. The van der Waals surface area contributed by atoms with E-state index in [4.69, 9.17) is 5.73 Å². The van der Waals surface area contributed by atoms with Crippen LogP contribution in [0.4, 0.5) is 4.39 Å². The SMILES string of the molecule is NCC1(O)CCN(C(=O)Cc2ccc(F)cc2)CC1. The number of halogens is 1. The molecule has 1 aliphatic rings. The quantitative estimate of drug-likeness (QED) is 0.845. The van der Waals surface area contributed by atoms with Crippen molar-refractivity contribution >= 4 is 5.91 Å². The van der Waals surface area contributed by atoms with Crippen LogP contribution in [-0.2, 0) is 11.2 Å². The Balaban J connectivity index is 1.89. The van der Waals surface area contributed by atoms with Gasteiger partial charge in [0, 0.05) is 19.6 Å². The van der Waals surface area contributed by atoms with Crippen molar-refractivity contribution in [2.75, 3.05) is 19.6 Å². The first-order valence-corrected chi connectivity index (χ1v) is 6.47. The third-order valence-electron chi connectivity index (χ3n) is 3.70. The van der Waals surface area contributed by atoms with Crippen molar-refractivity contribution < 1.29 is 14.3 Å². The van der Waals surface area contributed by atoms with Gasteiger partial charge in [0.05, 0.1) is 12.0 Å². The summed E-state index contributed by atoms with van der Waals surface area (Å²) in [6, 6.07) is 5.94. The Kier molecular flexibility index (Phi) is 4.17. The Morgan fingerprint density at radius 1 is 1.32 bits per heavy atom. The summed E-state index contributed by atoms with van der Waals surface area (Å²) < 4.78 is 12.8. The summed E-state index contributed by atoms with van der Waals surface area (Å²) in [6.45, 7) is 1.27. The van der Waals surface area contributed by atoms with Gasteiger partial charge in [-0.05, 0) is 30.5 Å². The van der Waals surface area contributed by atoms with Gasteiger partial charge in [-0.1, -0.05) is 12.1 Å². The largest absolute Gasteiger partial charge is 0.388 e. The molecule has 104 valence electrons. The van der Waals surface area contributed by atoms with Crippen molar-refractivity contribution in [2.24, 2.45) is 5.73 Å². The molecule has 0 saturated carbocycles. The number of hydrogen-bond donors (Lipinski definition) is 2. The maximum atomic E-state index is 12.8. The first kappa shape index (κ1) is 14.0. The molecular formula is C14H19FN2O2. The van der Waals surface area contributed by atoms with Crippen LogP contribution in [0.3, 0.4) is 0 Å². The summed E-state index contributed by atoms with van der Waals surface area (Å²) in [5.74, 6) is -0.298. The smallest absolute Gasteiger partial charge is 0.226 e. The van der Waals surface area contributed by atoms with E-state index in [-0.39, 0.29) is 24.7 Å². The zero-order valence-electron chi connectivity index (χ0n) is 10.8. The Morgan fingerprint density at radius 3 is 2.42 bits per heavy atom. The van der Waals surface area contributed by atoms with Crippen LogP contribution >= 0.6 is 0 Å². The highest BCUT2D eigenvalue weighted by atomic mass is 19.1. The van der Waals surface area contributed by atoms with Crippen LogP contribution in [0.1, 0.15) is 18.4 Å². The zero-order valence-corrected chi connectivity index (χ0v) is 10.8. The first-order valence-electron chi connectivity index (χ1n) is 6.47. The third-order valence-corrected chi connectivity index (χ3v) is 3.70. The van der Waals surface area contributed by atoms with Gasteiger partial charge in [0.25, 0.3) is 0 Å². The second kappa shape index (κ2) is 5.67. The van der Waals surface area contributed by atoms with Gasteiger partial charge in [0.1, 0.15) is 5.82 Å². The van der Waals surface area contributed by atoms with Crippen LogP contribution < -0.4 is 5.73 Å². The van der Waals surface area contributed by atoms with Crippen LogP contribution in [0.25, 0.3) is 0 Å². The number of piperidine rings is 1. The highest BCUT2D eigenvalue weighted by Gasteiger charge is 2.32. The number of benzene rings is 1. The van der Waals surface area contributed by atoms with Gasteiger partial charge in [-0.2, -0.15) is 0 Å². The van der Waals surface area contributed by atoms with Crippen LogP contribution in [0.2, 0.25) is 0 Å². The Bertz CT molecular complexity index is 439. The van der Waals surface area contributed by atoms with E-state index in [1.165, 1.54) is 12.1 Å². The lowest BCUT2D eigenvalue weighted by Gasteiger charge is -2.37. The summed E-state index contributed by atoms with van der Waals surface area (Å²) in [5, 5.41) is 10.00. The molecule has 0 aromatic heterocycles. The maximum Gasteiger partial charge on any atom is 0.226 e. The summed E-state index contributed by atoms with van der Waals surface area (Å²) in [7, 11) is 0. The molecule has 4 nitrogen and oxygen atoms in total. The molecule has 3 N–H and O–H groups in total. The highest BCUT2D eigenvalue weighted by Crippen LogP contribution is 2.21. The fraction of sp³-hybridized carbons (Fsp3) is 0.500. The van der Waals surface area contributed by atoms with Crippen molar-refractivity contribution in [2.45, 2.75) is 24.9 Å². The molecule has 1 aromatic rings. The van der Waals surface area contributed by atoms with Gasteiger partial charge in [-0.25, -0.2) is 4.39 Å². The van der Waals surface area contributed by atoms with Crippen molar-refractivity contribution in [1.29, 1.82) is 0 Å². The zero-order chi connectivity index (χ0) is 13.9. The summed E-state index contributed by atoms with van der Waals surface area (Å²) in [5.41, 5.74) is 5.48. The number of rotatable bonds is 3. The van der Waals surface area contributed by atoms with Crippen LogP contribution in [-0.4, -0.2) is 41.1 Å². The molecule has 1 aliphatic heterocycles. The first-order chi connectivity index (χ1) is 9.02. The number of carbonyl (C=O) groups excluding carboxylic acids is 1. The molecular weight excluding hydrogens is 247 g/mol. The molecule has 2 rings (SSSR count). The van der Waals surface area contributed by atoms with Crippen LogP contribution in [0.15, 0.2) is 24.3 Å². The maximum absolute atomic E-state index is 12.8. The molecule has 1 saturated heterocycles. The van der Waals surface area contributed by atoms with E-state index in [0.29, 0.717) is 25.9 Å². The molecule has 1 heterocycles. The van der Waals surface area contributed by atoms with Crippen LogP contribution in [0, 0.1) is 5.82 Å². The minimum Gasteiger partial charge on any atom is -0.388 e. The van der Waals surface area contributed by atoms with E-state index in [2.05, 4.69) is 0 Å². The lowest BCUT2D eigenvalue weighted by atomic mass is 9.91. The third kappa shape index (κ3) is 3.52. The molecule has 0 bridgehead atoms. The Labute approximate surface area is 112 Å². The number of hydrogen-bond acceptors (Lipinski definition) is 3. The van der Waals surface area contributed by atoms with Gasteiger partial charge >= 0.3 is 0 Å². The number of nitrogens with two attached hydrogens (primary N) is 1. The predicted octanol–water partition coefficient (Wildman–Crippen LogP) is 0.680. The molecule has 0 atom stereocenters. The average molecular weight is 266 g/mol. The Morgan fingerprint density at radius 2 is 1.89 bits per heavy atom. The van der Waals surface area contributed by atoms with E-state index >= 15 is 0 Å². The highest BCUT2D eigenvalue weighted by molar-refractivity contribution is 5.78.